The largest absolute Gasteiger partial charge is 0.312 e. The standard InChI is InChI=1S/C17H26F2N2/c1-17(2,3)20-11-13-6-8-21(9-7-13)12-14-10-15(18)4-5-16(14)19/h4-5,10,13,20H,6-9,11-12H2,1-3H3. The zero-order valence-corrected chi connectivity index (χ0v) is 13.3. The number of benzene rings is 1. The van der Waals surface area contributed by atoms with Gasteiger partial charge in [-0.15, -0.1) is 0 Å². The van der Waals surface area contributed by atoms with Gasteiger partial charge in [0.25, 0.3) is 0 Å². The van der Waals surface area contributed by atoms with Crippen molar-refractivity contribution in [1.82, 2.24) is 10.2 Å². The summed E-state index contributed by atoms with van der Waals surface area (Å²) in [6, 6.07) is 3.69. The molecule has 0 aromatic heterocycles. The van der Waals surface area contributed by atoms with Gasteiger partial charge < -0.3 is 5.32 Å². The Labute approximate surface area is 126 Å². The summed E-state index contributed by atoms with van der Waals surface area (Å²) in [7, 11) is 0. The molecule has 0 saturated carbocycles. The second-order valence-corrected chi connectivity index (χ2v) is 7.09. The van der Waals surface area contributed by atoms with Gasteiger partial charge in [0, 0.05) is 17.6 Å². The maximum absolute atomic E-state index is 13.6. The van der Waals surface area contributed by atoms with Gasteiger partial charge in [0.15, 0.2) is 0 Å². The van der Waals surface area contributed by atoms with Crippen molar-refractivity contribution >= 4 is 0 Å². The molecular formula is C17H26F2N2. The molecule has 1 aliphatic rings. The van der Waals surface area contributed by atoms with Crippen LogP contribution in [0.2, 0.25) is 0 Å². The number of piperidine rings is 1. The third-order valence-corrected chi connectivity index (χ3v) is 4.03. The lowest BCUT2D eigenvalue weighted by atomic mass is 9.95. The van der Waals surface area contributed by atoms with Crippen LogP contribution in [0.4, 0.5) is 8.78 Å². The summed E-state index contributed by atoms with van der Waals surface area (Å²) in [5.41, 5.74) is 0.614. The van der Waals surface area contributed by atoms with E-state index in [4.69, 9.17) is 0 Å². The third kappa shape index (κ3) is 5.36. The second-order valence-electron chi connectivity index (χ2n) is 7.09. The molecule has 0 unspecified atom stereocenters. The molecule has 0 spiro atoms. The number of nitrogens with one attached hydrogen (secondary N) is 1. The van der Waals surface area contributed by atoms with Crippen molar-refractivity contribution in [2.24, 2.45) is 5.92 Å². The van der Waals surface area contributed by atoms with E-state index in [1.54, 1.807) is 0 Å². The van der Waals surface area contributed by atoms with Crippen molar-refractivity contribution in [2.45, 2.75) is 45.7 Å². The lowest BCUT2D eigenvalue weighted by Gasteiger charge is -2.33. The molecule has 1 aromatic carbocycles. The maximum atomic E-state index is 13.6. The molecule has 1 N–H and O–H groups in total. The fourth-order valence-electron chi connectivity index (χ4n) is 2.70. The Morgan fingerprint density at radius 1 is 1.19 bits per heavy atom. The van der Waals surface area contributed by atoms with Gasteiger partial charge in [-0.25, -0.2) is 8.78 Å². The first kappa shape index (κ1) is 16.4. The summed E-state index contributed by atoms with van der Waals surface area (Å²) in [6.07, 6.45) is 2.22. The number of hydrogen-bond acceptors (Lipinski definition) is 2. The molecule has 1 fully saturated rings. The van der Waals surface area contributed by atoms with Crippen molar-refractivity contribution in [3.05, 3.63) is 35.4 Å². The van der Waals surface area contributed by atoms with E-state index < -0.39 is 0 Å². The zero-order valence-electron chi connectivity index (χ0n) is 13.3. The van der Waals surface area contributed by atoms with Crippen LogP contribution >= 0.6 is 0 Å². The van der Waals surface area contributed by atoms with Gasteiger partial charge >= 0.3 is 0 Å². The first-order valence-electron chi connectivity index (χ1n) is 7.75. The zero-order chi connectivity index (χ0) is 15.5. The van der Waals surface area contributed by atoms with E-state index >= 15 is 0 Å². The molecule has 0 radical (unpaired) electrons. The van der Waals surface area contributed by atoms with Gasteiger partial charge in [0.2, 0.25) is 0 Å². The molecule has 0 aliphatic carbocycles. The molecule has 2 rings (SSSR count). The Morgan fingerprint density at radius 3 is 2.48 bits per heavy atom. The van der Waals surface area contributed by atoms with Crippen LogP contribution in [0.15, 0.2) is 18.2 Å². The highest BCUT2D eigenvalue weighted by atomic mass is 19.1. The van der Waals surface area contributed by atoms with Crippen molar-refractivity contribution < 1.29 is 8.78 Å². The quantitative estimate of drug-likeness (QED) is 0.914. The SMILES string of the molecule is CC(C)(C)NCC1CCN(Cc2cc(F)ccc2F)CC1. The highest BCUT2D eigenvalue weighted by Crippen LogP contribution is 2.20. The van der Waals surface area contributed by atoms with E-state index in [2.05, 4.69) is 31.0 Å². The van der Waals surface area contributed by atoms with Gasteiger partial charge in [-0.3, -0.25) is 4.90 Å². The Bertz CT molecular complexity index is 460. The molecule has 0 amide bonds. The van der Waals surface area contributed by atoms with Crippen LogP contribution in [0.5, 0.6) is 0 Å². The van der Waals surface area contributed by atoms with E-state index in [0.29, 0.717) is 18.0 Å². The van der Waals surface area contributed by atoms with Crippen LogP contribution in [0.25, 0.3) is 0 Å². The summed E-state index contributed by atoms with van der Waals surface area (Å²) < 4.78 is 26.8. The van der Waals surface area contributed by atoms with Crippen molar-refractivity contribution in [2.75, 3.05) is 19.6 Å². The highest BCUT2D eigenvalue weighted by Gasteiger charge is 2.21. The molecule has 21 heavy (non-hydrogen) atoms. The monoisotopic (exact) mass is 296 g/mol. The lowest BCUT2D eigenvalue weighted by molar-refractivity contribution is 0.168. The summed E-state index contributed by atoms with van der Waals surface area (Å²) in [5.74, 6) is 0.00131. The minimum atomic E-state index is -0.365. The summed E-state index contributed by atoms with van der Waals surface area (Å²) >= 11 is 0. The van der Waals surface area contributed by atoms with Crippen molar-refractivity contribution in [1.29, 1.82) is 0 Å². The summed E-state index contributed by atoms with van der Waals surface area (Å²) in [4.78, 5) is 2.21. The first-order chi connectivity index (χ1) is 9.83. The van der Waals surface area contributed by atoms with Gasteiger partial charge in [-0.05, 0) is 77.4 Å². The molecule has 0 atom stereocenters. The molecular weight excluding hydrogens is 270 g/mol. The normalized spacial score (nSPS) is 18.1. The minimum absolute atomic E-state index is 0.155. The summed E-state index contributed by atoms with van der Waals surface area (Å²) in [6.45, 7) is 9.96. The van der Waals surface area contributed by atoms with E-state index in [0.717, 1.165) is 32.5 Å². The van der Waals surface area contributed by atoms with E-state index in [-0.39, 0.29) is 17.2 Å². The number of hydrogen-bond donors (Lipinski definition) is 1. The lowest BCUT2D eigenvalue weighted by Crippen LogP contribution is -2.42. The van der Waals surface area contributed by atoms with Gasteiger partial charge in [0.05, 0.1) is 0 Å². The molecule has 1 aliphatic heterocycles. The minimum Gasteiger partial charge on any atom is -0.312 e. The smallest absolute Gasteiger partial charge is 0.127 e. The van der Waals surface area contributed by atoms with E-state index in [1.807, 2.05) is 0 Å². The van der Waals surface area contributed by atoms with E-state index in [1.165, 1.54) is 18.2 Å². The Kier molecular flexibility index (Phi) is 5.33. The van der Waals surface area contributed by atoms with Crippen LogP contribution in [-0.2, 0) is 6.54 Å². The molecule has 1 aromatic rings. The van der Waals surface area contributed by atoms with Crippen molar-refractivity contribution in [3.63, 3.8) is 0 Å². The molecule has 118 valence electrons. The topological polar surface area (TPSA) is 15.3 Å². The fraction of sp³-hybridized carbons (Fsp3) is 0.647. The average Bonchev–Trinajstić information content (AvgIpc) is 2.41. The Balaban J connectivity index is 1.80. The number of likely N-dealkylation sites (tertiary alicyclic amines) is 1. The molecule has 2 nitrogen and oxygen atoms in total. The van der Waals surface area contributed by atoms with Crippen molar-refractivity contribution in [3.8, 4) is 0 Å². The third-order valence-electron chi connectivity index (χ3n) is 4.03. The van der Waals surface area contributed by atoms with Crippen LogP contribution in [-0.4, -0.2) is 30.1 Å². The van der Waals surface area contributed by atoms with Crippen LogP contribution < -0.4 is 5.32 Å². The van der Waals surface area contributed by atoms with Gasteiger partial charge in [-0.2, -0.15) is 0 Å². The predicted octanol–water partition coefficient (Wildman–Crippen LogP) is 3.56. The van der Waals surface area contributed by atoms with E-state index in [9.17, 15) is 8.78 Å². The predicted molar refractivity (Wildman–Crippen MR) is 82.1 cm³/mol. The fourth-order valence-corrected chi connectivity index (χ4v) is 2.70. The number of rotatable bonds is 4. The Morgan fingerprint density at radius 2 is 1.86 bits per heavy atom. The molecule has 4 heteroatoms. The maximum Gasteiger partial charge on any atom is 0.127 e. The number of nitrogens with zero attached hydrogens (tertiary/aromatic N) is 1. The second kappa shape index (κ2) is 6.84. The first-order valence-corrected chi connectivity index (χ1v) is 7.75. The van der Waals surface area contributed by atoms with Gasteiger partial charge in [-0.1, -0.05) is 0 Å². The van der Waals surface area contributed by atoms with Crippen LogP contribution in [0.1, 0.15) is 39.2 Å². The molecule has 1 heterocycles. The van der Waals surface area contributed by atoms with Gasteiger partial charge in [0.1, 0.15) is 11.6 Å². The summed E-state index contributed by atoms with van der Waals surface area (Å²) in [5, 5.41) is 3.54. The molecule has 1 saturated heterocycles. The van der Waals surface area contributed by atoms with Crippen LogP contribution in [0.3, 0.4) is 0 Å². The highest BCUT2D eigenvalue weighted by molar-refractivity contribution is 5.18. The Hall–Kier alpha value is -1.00. The van der Waals surface area contributed by atoms with Crippen LogP contribution in [0, 0.1) is 17.6 Å². The number of halogens is 2. The molecule has 0 bridgehead atoms. The average molecular weight is 296 g/mol.